The summed E-state index contributed by atoms with van der Waals surface area (Å²) in [5.41, 5.74) is 2.00. The van der Waals surface area contributed by atoms with Crippen molar-refractivity contribution >= 4 is 17.7 Å². The number of hydrogen-bond donors (Lipinski definition) is 0. The second-order valence-electron chi connectivity index (χ2n) is 7.19. The Labute approximate surface area is 176 Å². The van der Waals surface area contributed by atoms with Gasteiger partial charge in [-0.25, -0.2) is 9.67 Å². The molecule has 1 amide bonds. The van der Waals surface area contributed by atoms with Gasteiger partial charge in [0, 0.05) is 19.0 Å². The fraction of sp³-hybridized carbons (Fsp3) is 0.348. The Kier molecular flexibility index (Phi) is 6.00. The smallest absolute Gasteiger partial charge is 0.240 e. The van der Waals surface area contributed by atoms with Crippen LogP contribution in [0.5, 0.6) is 0 Å². The summed E-state index contributed by atoms with van der Waals surface area (Å²) in [5.74, 6) is 1.57. The number of likely N-dealkylation sites (N-methyl/N-ethyl adjacent to an activating group) is 1. The topological polar surface area (TPSA) is 51.0 Å². The molecule has 1 saturated carbocycles. The van der Waals surface area contributed by atoms with Gasteiger partial charge in [0.05, 0.1) is 5.69 Å². The van der Waals surface area contributed by atoms with Crippen LogP contribution in [0.2, 0.25) is 0 Å². The molecule has 1 heterocycles. The zero-order chi connectivity index (χ0) is 20.2. The lowest BCUT2D eigenvalue weighted by molar-refractivity contribution is -0.130. The minimum Gasteiger partial charge on any atom is -0.342 e. The van der Waals surface area contributed by atoms with Crippen LogP contribution in [-0.4, -0.2) is 38.7 Å². The first-order valence-corrected chi connectivity index (χ1v) is 11.1. The molecular formula is C23H26N4OS. The molecule has 1 fully saturated rings. The van der Waals surface area contributed by atoms with E-state index in [1.54, 1.807) is 0 Å². The monoisotopic (exact) mass is 406 g/mol. The minimum atomic E-state index is -0.352. The van der Waals surface area contributed by atoms with E-state index in [0.29, 0.717) is 24.2 Å². The summed E-state index contributed by atoms with van der Waals surface area (Å²) in [5, 5.41) is 5.10. The number of carbonyl (C=O) groups is 1. The zero-order valence-electron chi connectivity index (χ0n) is 16.9. The third kappa shape index (κ3) is 4.37. The van der Waals surface area contributed by atoms with Crippen LogP contribution in [0.25, 0.3) is 5.69 Å². The number of amides is 1. The Morgan fingerprint density at radius 1 is 1.07 bits per heavy atom. The van der Waals surface area contributed by atoms with E-state index >= 15 is 0 Å². The lowest BCUT2D eigenvalue weighted by atomic mass is 10.1. The summed E-state index contributed by atoms with van der Waals surface area (Å²) in [4.78, 5) is 20.0. The fourth-order valence-corrected chi connectivity index (χ4v) is 4.44. The molecular weight excluding hydrogens is 380 g/mol. The summed E-state index contributed by atoms with van der Waals surface area (Å²) in [6, 6.07) is 20.1. The molecule has 3 aromatic rings. The average Bonchev–Trinajstić information content (AvgIpc) is 3.53. The number of rotatable bonds is 8. The molecule has 0 N–H and O–H groups in total. The van der Waals surface area contributed by atoms with Crippen LogP contribution < -0.4 is 0 Å². The molecule has 1 aromatic heterocycles. The van der Waals surface area contributed by atoms with Gasteiger partial charge in [-0.15, -0.1) is 5.10 Å². The van der Waals surface area contributed by atoms with Gasteiger partial charge < -0.3 is 4.90 Å². The maximum atomic E-state index is 13.3. The largest absolute Gasteiger partial charge is 0.342 e. The summed E-state index contributed by atoms with van der Waals surface area (Å²) < 4.78 is 1.95. The second kappa shape index (κ2) is 8.82. The van der Waals surface area contributed by atoms with Crippen molar-refractivity contribution in [3.63, 3.8) is 0 Å². The van der Waals surface area contributed by atoms with Crippen LogP contribution >= 0.6 is 11.8 Å². The Hall–Kier alpha value is -2.60. The molecule has 1 aliphatic rings. The van der Waals surface area contributed by atoms with E-state index in [-0.39, 0.29) is 11.2 Å². The normalized spacial score (nSPS) is 14.6. The van der Waals surface area contributed by atoms with Crippen LogP contribution in [0.15, 0.2) is 65.8 Å². The van der Waals surface area contributed by atoms with Crippen LogP contribution in [-0.2, 0) is 4.79 Å². The second-order valence-corrected chi connectivity index (χ2v) is 8.27. The van der Waals surface area contributed by atoms with Crippen molar-refractivity contribution in [3.8, 4) is 5.69 Å². The van der Waals surface area contributed by atoms with Crippen molar-refractivity contribution in [3.05, 3.63) is 72.1 Å². The number of para-hydroxylation sites is 1. The van der Waals surface area contributed by atoms with Gasteiger partial charge >= 0.3 is 0 Å². The number of aromatic nitrogens is 3. The number of hydrogen-bond acceptors (Lipinski definition) is 4. The zero-order valence-corrected chi connectivity index (χ0v) is 17.7. The summed E-state index contributed by atoms with van der Waals surface area (Å²) in [6.45, 7) is 5.42. The molecule has 150 valence electrons. The maximum Gasteiger partial charge on any atom is 0.240 e. The molecule has 1 atom stereocenters. The van der Waals surface area contributed by atoms with Crippen molar-refractivity contribution < 1.29 is 4.79 Å². The number of thioether (sulfide) groups is 1. The molecule has 5 nitrogen and oxygen atoms in total. The van der Waals surface area contributed by atoms with Gasteiger partial charge in [-0.3, -0.25) is 4.79 Å². The van der Waals surface area contributed by atoms with Crippen LogP contribution in [0.4, 0.5) is 0 Å². The minimum absolute atomic E-state index is 0.107. The molecule has 0 spiro atoms. The lowest BCUT2D eigenvalue weighted by Crippen LogP contribution is -2.33. The van der Waals surface area contributed by atoms with Gasteiger partial charge in [0.15, 0.2) is 0 Å². The van der Waals surface area contributed by atoms with E-state index in [1.807, 2.05) is 84.1 Å². The highest BCUT2D eigenvalue weighted by atomic mass is 32.2. The molecule has 1 aliphatic carbocycles. The van der Waals surface area contributed by atoms with E-state index in [4.69, 9.17) is 10.1 Å². The van der Waals surface area contributed by atoms with Gasteiger partial charge in [0.25, 0.3) is 0 Å². The molecule has 6 heteroatoms. The van der Waals surface area contributed by atoms with Crippen molar-refractivity contribution in [2.75, 3.05) is 13.1 Å². The Bertz CT molecular complexity index is 950. The third-order valence-corrected chi connectivity index (χ3v) is 6.27. The average molecular weight is 407 g/mol. The van der Waals surface area contributed by atoms with Crippen molar-refractivity contribution in [2.24, 2.45) is 0 Å². The fourth-order valence-electron chi connectivity index (χ4n) is 3.41. The molecule has 0 aliphatic heterocycles. The standard InChI is InChI=1S/C23H26N4OS/c1-3-26(4-2)22(28)20(17-11-7-5-8-12-17)29-23-24-21(18-15-16-18)27(25-23)19-13-9-6-10-14-19/h5-14,18,20H,3-4,15-16H2,1-2H3/t20-/m1/s1. The third-order valence-electron chi connectivity index (χ3n) is 5.18. The lowest BCUT2D eigenvalue weighted by Gasteiger charge is -2.24. The highest BCUT2D eigenvalue weighted by molar-refractivity contribution is 8.00. The van der Waals surface area contributed by atoms with Crippen molar-refractivity contribution in [1.82, 2.24) is 19.7 Å². The molecule has 29 heavy (non-hydrogen) atoms. The first kappa shape index (κ1) is 19.7. The van der Waals surface area contributed by atoms with Crippen molar-refractivity contribution in [2.45, 2.75) is 43.0 Å². The van der Waals surface area contributed by atoms with E-state index in [9.17, 15) is 4.79 Å². The summed E-state index contributed by atoms with van der Waals surface area (Å²) in [7, 11) is 0. The Morgan fingerprint density at radius 3 is 2.28 bits per heavy atom. The maximum absolute atomic E-state index is 13.3. The predicted molar refractivity (Wildman–Crippen MR) is 116 cm³/mol. The molecule has 0 radical (unpaired) electrons. The molecule has 4 rings (SSSR count). The van der Waals surface area contributed by atoms with E-state index in [0.717, 1.165) is 29.9 Å². The molecule has 0 bridgehead atoms. The highest BCUT2D eigenvalue weighted by Crippen LogP contribution is 2.42. The molecule has 2 aromatic carbocycles. The number of nitrogens with zero attached hydrogens (tertiary/aromatic N) is 4. The molecule has 0 unspecified atom stereocenters. The highest BCUT2D eigenvalue weighted by Gasteiger charge is 2.32. The summed E-state index contributed by atoms with van der Waals surface area (Å²) >= 11 is 1.45. The van der Waals surface area contributed by atoms with Crippen LogP contribution in [0.1, 0.15) is 49.2 Å². The van der Waals surface area contributed by atoms with Crippen molar-refractivity contribution in [1.29, 1.82) is 0 Å². The first-order valence-electron chi connectivity index (χ1n) is 10.2. The van der Waals surface area contributed by atoms with Gasteiger partial charge in [-0.2, -0.15) is 0 Å². The van der Waals surface area contributed by atoms with Gasteiger partial charge in [-0.05, 0) is 44.4 Å². The Balaban J connectivity index is 1.68. The SMILES string of the molecule is CCN(CC)C(=O)[C@H](Sc1nc(C2CC2)n(-c2ccccc2)n1)c1ccccc1. The van der Waals surface area contributed by atoms with E-state index < -0.39 is 0 Å². The number of benzene rings is 2. The van der Waals surface area contributed by atoms with Crippen LogP contribution in [0.3, 0.4) is 0 Å². The number of carbonyl (C=O) groups excluding carboxylic acids is 1. The summed E-state index contributed by atoms with van der Waals surface area (Å²) in [6.07, 6.45) is 2.30. The van der Waals surface area contributed by atoms with Gasteiger partial charge in [0.1, 0.15) is 11.1 Å². The molecule has 0 saturated heterocycles. The van der Waals surface area contributed by atoms with Gasteiger partial charge in [-0.1, -0.05) is 60.3 Å². The van der Waals surface area contributed by atoms with E-state index in [2.05, 4.69) is 0 Å². The predicted octanol–water partition coefficient (Wildman–Crippen LogP) is 4.85. The van der Waals surface area contributed by atoms with Crippen LogP contribution in [0, 0.1) is 0 Å². The van der Waals surface area contributed by atoms with Gasteiger partial charge in [0.2, 0.25) is 11.1 Å². The first-order chi connectivity index (χ1) is 14.2. The Morgan fingerprint density at radius 2 is 1.69 bits per heavy atom. The van der Waals surface area contributed by atoms with E-state index in [1.165, 1.54) is 11.8 Å². The quantitative estimate of drug-likeness (QED) is 0.502.